The van der Waals surface area contributed by atoms with Crippen molar-refractivity contribution >= 4 is 12.0 Å². The molecule has 0 bridgehead atoms. The van der Waals surface area contributed by atoms with Crippen LogP contribution in [0.4, 0.5) is 15.1 Å². The van der Waals surface area contributed by atoms with E-state index >= 15 is 0 Å². The zero-order valence-electron chi connectivity index (χ0n) is 12.8. The topological polar surface area (TPSA) is 58.6 Å². The highest BCUT2D eigenvalue weighted by molar-refractivity contribution is 5.69. The first kappa shape index (κ1) is 15.5. The summed E-state index contributed by atoms with van der Waals surface area (Å²) in [5.41, 5.74) is -0.506. The second kappa shape index (κ2) is 5.83. The Kier molecular flexibility index (Phi) is 4.29. The highest BCUT2D eigenvalue weighted by atomic mass is 19.1. The quantitative estimate of drug-likeness (QED) is 0.794. The van der Waals surface area contributed by atoms with Crippen LogP contribution in [0, 0.1) is 5.82 Å². The normalized spacial score (nSPS) is 19.6. The van der Waals surface area contributed by atoms with Crippen LogP contribution >= 0.6 is 0 Å². The first-order valence-corrected chi connectivity index (χ1v) is 6.98. The number of aromatic nitrogens is 2. The molecule has 1 aliphatic rings. The van der Waals surface area contributed by atoms with Crippen molar-refractivity contribution in [2.75, 3.05) is 24.5 Å². The van der Waals surface area contributed by atoms with E-state index in [-0.39, 0.29) is 12.1 Å². The van der Waals surface area contributed by atoms with E-state index in [1.807, 2.05) is 32.6 Å². The molecule has 0 aromatic carbocycles. The van der Waals surface area contributed by atoms with Crippen LogP contribution in [0.15, 0.2) is 12.4 Å². The largest absolute Gasteiger partial charge is 0.444 e. The predicted molar refractivity (Wildman–Crippen MR) is 76.6 cm³/mol. The average molecular weight is 296 g/mol. The number of anilines is 1. The summed E-state index contributed by atoms with van der Waals surface area (Å²) < 4.78 is 18.2. The fourth-order valence-electron chi connectivity index (χ4n) is 2.20. The number of hydrogen-bond donors (Lipinski definition) is 0. The number of carbonyl (C=O) groups is 1. The van der Waals surface area contributed by atoms with Crippen LogP contribution < -0.4 is 4.90 Å². The Hall–Kier alpha value is -1.92. The van der Waals surface area contributed by atoms with Crippen LogP contribution in [0.2, 0.25) is 0 Å². The lowest BCUT2D eigenvalue weighted by atomic mass is 10.2. The van der Waals surface area contributed by atoms with Gasteiger partial charge in [-0.3, -0.25) is 0 Å². The maximum Gasteiger partial charge on any atom is 0.410 e. The van der Waals surface area contributed by atoms with Gasteiger partial charge in [0.15, 0.2) is 5.82 Å². The van der Waals surface area contributed by atoms with Crippen molar-refractivity contribution in [3.63, 3.8) is 0 Å². The molecule has 0 radical (unpaired) electrons. The van der Waals surface area contributed by atoms with Crippen LogP contribution in [-0.4, -0.2) is 52.2 Å². The zero-order chi connectivity index (χ0) is 15.6. The van der Waals surface area contributed by atoms with E-state index in [0.29, 0.717) is 25.6 Å². The molecule has 1 fully saturated rings. The number of carbonyl (C=O) groups excluding carboxylic acids is 1. The molecule has 1 atom stereocenters. The third-order valence-corrected chi connectivity index (χ3v) is 3.15. The second-order valence-electron chi connectivity index (χ2n) is 6.17. The molecule has 1 aromatic rings. The Morgan fingerprint density at radius 2 is 1.95 bits per heavy atom. The van der Waals surface area contributed by atoms with Gasteiger partial charge in [0.25, 0.3) is 0 Å². The Morgan fingerprint density at radius 1 is 1.33 bits per heavy atom. The molecule has 0 N–H and O–H groups in total. The van der Waals surface area contributed by atoms with Crippen molar-refractivity contribution in [1.82, 2.24) is 14.9 Å². The highest BCUT2D eigenvalue weighted by Gasteiger charge is 2.31. The lowest BCUT2D eigenvalue weighted by molar-refractivity contribution is 0.0158. The first-order chi connectivity index (χ1) is 9.76. The number of amides is 1. The Bertz CT molecular complexity index is 501. The molecule has 1 aliphatic heterocycles. The third kappa shape index (κ3) is 4.03. The Labute approximate surface area is 123 Å². The van der Waals surface area contributed by atoms with Gasteiger partial charge in [-0.05, 0) is 27.7 Å². The minimum atomic E-state index is -0.506. The molecule has 0 aliphatic carbocycles. The molecule has 0 unspecified atom stereocenters. The van der Waals surface area contributed by atoms with E-state index in [2.05, 4.69) is 9.97 Å². The third-order valence-electron chi connectivity index (χ3n) is 3.15. The summed E-state index contributed by atoms with van der Waals surface area (Å²) in [6, 6.07) is -0.0257. The Morgan fingerprint density at radius 3 is 2.48 bits per heavy atom. The summed E-state index contributed by atoms with van der Waals surface area (Å²) in [4.78, 5) is 23.7. The fourth-order valence-corrected chi connectivity index (χ4v) is 2.20. The SMILES string of the molecule is C[C@H]1CN(c2ncc(F)cn2)CCN1C(=O)OC(C)(C)C. The molecule has 0 spiro atoms. The van der Waals surface area contributed by atoms with Gasteiger partial charge in [-0.1, -0.05) is 0 Å². The number of rotatable bonds is 1. The van der Waals surface area contributed by atoms with E-state index in [4.69, 9.17) is 4.74 Å². The molecule has 0 saturated carbocycles. The van der Waals surface area contributed by atoms with Crippen molar-refractivity contribution < 1.29 is 13.9 Å². The first-order valence-electron chi connectivity index (χ1n) is 6.98. The molecule has 1 aromatic heterocycles. The molecule has 6 nitrogen and oxygen atoms in total. The van der Waals surface area contributed by atoms with E-state index in [1.54, 1.807) is 4.90 Å². The van der Waals surface area contributed by atoms with Gasteiger partial charge >= 0.3 is 6.09 Å². The minimum Gasteiger partial charge on any atom is -0.444 e. The van der Waals surface area contributed by atoms with Gasteiger partial charge in [-0.15, -0.1) is 0 Å². The molecule has 116 valence electrons. The summed E-state index contributed by atoms with van der Waals surface area (Å²) in [6.07, 6.45) is 1.98. The number of hydrogen-bond acceptors (Lipinski definition) is 5. The molecule has 7 heteroatoms. The summed E-state index contributed by atoms with van der Waals surface area (Å²) in [7, 11) is 0. The van der Waals surface area contributed by atoms with Crippen molar-refractivity contribution in [3.05, 3.63) is 18.2 Å². The summed E-state index contributed by atoms with van der Waals surface area (Å²) in [5.74, 6) is 0.0197. The minimum absolute atomic E-state index is 0.0257. The molecule has 21 heavy (non-hydrogen) atoms. The lowest BCUT2D eigenvalue weighted by Crippen LogP contribution is -2.55. The fraction of sp³-hybridized carbons (Fsp3) is 0.643. The van der Waals surface area contributed by atoms with Crippen LogP contribution in [0.1, 0.15) is 27.7 Å². The number of nitrogens with zero attached hydrogens (tertiary/aromatic N) is 4. The molecule has 2 rings (SSSR count). The predicted octanol–water partition coefficient (Wildman–Crippen LogP) is 2.06. The van der Waals surface area contributed by atoms with Gasteiger partial charge in [-0.25, -0.2) is 19.2 Å². The molecule has 1 saturated heterocycles. The molecule has 2 heterocycles. The van der Waals surface area contributed by atoms with E-state index in [9.17, 15) is 9.18 Å². The van der Waals surface area contributed by atoms with Crippen LogP contribution in [0.25, 0.3) is 0 Å². The average Bonchev–Trinajstić information content (AvgIpc) is 2.37. The summed E-state index contributed by atoms with van der Waals surface area (Å²) in [6.45, 7) is 9.19. The van der Waals surface area contributed by atoms with Gasteiger partial charge in [0.2, 0.25) is 5.95 Å². The second-order valence-corrected chi connectivity index (χ2v) is 6.17. The van der Waals surface area contributed by atoms with Gasteiger partial charge in [0, 0.05) is 25.7 Å². The number of halogens is 1. The van der Waals surface area contributed by atoms with Crippen LogP contribution in [0.5, 0.6) is 0 Å². The lowest BCUT2D eigenvalue weighted by Gasteiger charge is -2.40. The smallest absolute Gasteiger partial charge is 0.410 e. The van der Waals surface area contributed by atoms with Crippen molar-refractivity contribution in [2.45, 2.75) is 39.3 Å². The van der Waals surface area contributed by atoms with Gasteiger partial charge in [-0.2, -0.15) is 0 Å². The molecule has 1 amide bonds. The van der Waals surface area contributed by atoms with Crippen molar-refractivity contribution in [3.8, 4) is 0 Å². The maximum absolute atomic E-state index is 12.8. The van der Waals surface area contributed by atoms with Gasteiger partial charge < -0.3 is 14.5 Å². The molecular weight excluding hydrogens is 275 g/mol. The summed E-state index contributed by atoms with van der Waals surface area (Å²) >= 11 is 0. The summed E-state index contributed by atoms with van der Waals surface area (Å²) in [5, 5.41) is 0. The van der Waals surface area contributed by atoms with E-state index in [1.165, 1.54) is 0 Å². The molecular formula is C14H21FN4O2. The Balaban J connectivity index is 1.99. The van der Waals surface area contributed by atoms with Crippen LogP contribution in [0.3, 0.4) is 0 Å². The zero-order valence-corrected chi connectivity index (χ0v) is 12.8. The number of ether oxygens (including phenoxy) is 1. The number of piperazine rings is 1. The maximum atomic E-state index is 12.8. The van der Waals surface area contributed by atoms with Gasteiger partial charge in [0.1, 0.15) is 5.60 Å². The monoisotopic (exact) mass is 296 g/mol. The van der Waals surface area contributed by atoms with Crippen molar-refractivity contribution in [1.29, 1.82) is 0 Å². The van der Waals surface area contributed by atoms with E-state index < -0.39 is 11.4 Å². The van der Waals surface area contributed by atoms with Crippen molar-refractivity contribution in [2.24, 2.45) is 0 Å². The standard InChI is InChI=1S/C14H21FN4O2/c1-10-9-18(12-16-7-11(15)8-17-12)5-6-19(10)13(20)21-14(2,3)4/h7-8,10H,5-6,9H2,1-4H3/t10-/m0/s1. The van der Waals surface area contributed by atoms with Crippen LogP contribution in [-0.2, 0) is 4.74 Å². The van der Waals surface area contributed by atoms with E-state index in [0.717, 1.165) is 12.4 Å². The highest BCUT2D eigenvalue weighted by Crippen LogP contribution is 2.18. The van der Waals surface area contributed by atoms with Gasteiger partial charge in [0.05, 0.1) is 12.4 Å².